The van der Waals surface area contributed by atoms with Gasteiger partial charge in [-0.05, 0) is 50.6 Å². The Hall–Kier alpha value is -1.06. The van der Waals surface area contributed by atoms with Crippen molar-refractivity contribution in [2.45, 2.75) is 44.7 Å². The number of nitrogens with two attached hydrogens (primary N) is 1. The highest BCUT2D eigenvalue weighted by Gasteiger charge is 2.27. The second-order valence-electron chi connectivity index (χ2n) is 5.61. The van der Waals surface area contributed by atoms with Gasteiger partial charge in [-0.15, -0.1) is 0 Å². The molecular formula is C15H24N2O. The van der Waals surface area contributed by atoms with Gasteiger partial charge in [-0.3, -0.25) is 4.90 Å². The van der Waals surface area contributed by atoms with Crippen LogP contribution in [0.2, 0.25) is 0 Å². The van der Waals surface area contributed by atoms with Crippen LogP contribution in [0.1, 0.15) is 38.2 Å². The molecular weight excluding hydrogens is 224 g/mol. The van der Waals surface area contributed by atoms with E-state index in [9.17, 15) is 5.11 Å². The third-order valence-corrected chi connectivity index (χ3v) is 3.80. The van der Waals surface area contributed by atoms with Crippen molar-refractivity contribution in [3.05, 3.63) is 29.8 Å². The van der Waals surface area contributed by atoms with E-state index in [2.05, 4.69) is 11.8 Å². The van der Waals surface area contributed by atoms with Crippen LogP contribution in [0.5, 0.6) is 5.75 Å². The van der Waals surface area contributed by atoms with Crippen LogP contribution in [0, 0.1) is 0 Å². The second kappa shape index (κ2) is 5.72. The summed E-state index contributed by atoms with van der Waals surface area (Å²) in [7, 11) is 0. The highest BCUT2D eigenvalue weighted by molar-refractivity contribution is 5.28. The Morgan fingerprint density at radius 2 is 1.89 bits per heavy atom. The molecule has 0 amide bonds. The number of phenols is 1. The minimum absolute atomic E-state index is 0.319. The molecule has 3 N–H and O–H groups in total. The van der Waals surface area contributed by atoms with Crippen molar-refractivity contribution in [3.8, 4) is 5.75 Å². The Bertz CT molecular complexity index is 382. The van der Waals surface area contributed by atoms with Crippen molar-refractivity contribution in [2.75, 3.05) is 13.1 Å². The van der Waals surface area contributed by atoms with Crippen molar-refractivity contribution < 1.29 is 5.11 Å². The van der Waals surface area contributed by atoms with E-state index in [0.717, 1.165) is 25.1 Å². The minimum Gasteiger partial charge on any atom is -0.508 e. The number of phenolic OH excluding ortho intramolecular Hbond substituents is 1. The monoisotopic (exact) mass is 248 g/mol. The number of hydrogen-bond donors (Lipinski definition) is 2. The molecule has 1 fully saturated rings. The molecule has 0 aliphatic carbocycles. The van der Waals surface area contributed by atoms with E-state index in [0.29, 0.717) is 5.75 Å². The lowest BCUT2D eigenvalue weighted by molar-refractivity contribution is 0.113. The van der Waals surface area contributed by atoms with E-state index in [1.807, 2.05) is 18.2 Å². The lowest BCUT2D eigenvalue weighted by atomic mass is 10.00. The summed E-state index contributed by atoms with van der Waals surface area (Å²) in [5.74, 6) is 0.319. The third kappa shape index (κ3) is 3.47. The molecule has 100 valence electrons. The maximum atomic E-state index is 9.51. The van der Waals surface area contributed by atoms with Crippen LogP contribution >= 0.6 is 0 Å². The molecule has 2 rings (SSSR count). The summed E-state index contributed by atoms with van der Waals surface area (Å²) in [4.78, 5) is 2.39. The summed E-state index contributed by atoms with van der Waals surface area (Å²) in [5.41, 5.74) is 7.27. The molecule has 1 aromatic carbocycles. The van der Waals surface area contributed by atoms with E-state index >= 15 is 0 Å². The minimum atomic E-state index is -0.321. The summed E-state index contributed by atoms with van der Waals surface area (Å²) in [6, 6.07) is 7.41. The molecule has 0 aromatic heterocycles. The van der Waals surface area contributed by atoms with Crippen molar-refractivity contribution >= 4 is 0 Å². The lowest BCUT2D eigenvalue weighted by Crippen LogP contribution is -2.55. The van der Waals surface area contributed by atoms with Crippen LogP contribution < -0.4 is 5.73 Å². The van der Waals surface area contributed by atoms with E-state index in [1.54, 1.807) is 6.07 Å². The van der Waals surface area contributed by atoms with Gasteiger partial charge in [0.1, 0.15) is 5.75 Å². The van der Waals surface area contributed by atoms with Crippen LogP contribution in [0.4, 0.5) is 0 Å². The first-order valence-corrected chi connectivity index (χ1v) is 6.90. The standard InChI is InChI=1S/C15H24N2O/c1-15(16,17-9-4-2-3-5-10-17)12-13-7-6-8-14(18)11-13/h6-8,11,18H,2-5,9-10,12,16H2,1H3. The van der Waals surface area contributed by atoms with Gasteiger partial charge in [0.2, 0.25) is 0 Å². The van der Waals surface area contributed by atoms with Crippen LogP contribution in [0.15, 0.2) is 24.3 Å². The molecule has 1 heterocycles. The molecule has 0 bridgehead atoms. The van der Waals surface area contributed by atoms with Gasteiger partial charge in [0, 0.05) is 6.42 Å². The van der Waals surface area contributed by atoms with E-state index in [4.69, 9.17) is 5.73 Å². The predicted molar refractivity (Wildman–Crippen MR) is 74.4 cm³/mol. The zero-order chi connectivity index (χ0) is 13.0. The van der Waals surface area contributed by atoms with Crippen molar-refractivity contribution in [2.24, 2.45) is 5.73 Å². The zero-order valence-electron chi connectivity index (χ0n) is 11.2. The van der Waals surface area contributed by atoms with Gasteiger partial charge in [0.25, 0.3) is 0 Å². The second-order valence-corrected chi connectivity index (χ2v) is 5.61. The summed E-state index contributed by atoms with van der Waals surface area (Å²) in [5, 5.41) is 9.51. The van der Waals surface area contributed by atoms with E-state index < -0.39 is 0 Å². The van der Waals surface area contributed by atoms with Crippen molar-refractivity contribution in [3.63, 3.8) is 0 Å². The van der Waals surface area contributed by atoms with Gasteiger partial charge in [-0.25, -0.2) is 0 Å². The normalized spacial score (nSPS) is 21.2. The first-order valence-electron chi connectivity index (χ1n) is 6.90. The number of hydrogen-bond acceptors (Lipinski definition) is 3. The zero-order valence-corrected chi connectivity index (χ0v) is 11.2. The quantitative estimate of drug-likeness (QED) is 0.864. The molecule has 0 spiro atoms. The van der Waals surface area contributed by atoms with Gasteiger partial charge in [-0.2, -0.15) is 0 Å². The molecule has 1 atom stereocenters. The molecule has 3 nitrogen and oxygen atoms in total. The van der Waals surface area contributed by atoms with Gasteiger partial charge < -0.3 is 10.8 Å². The topological polar surface area (TPSA) is 49.5 Å². The summed E-state index contributed by atoms with van der Waals surface area (Å²) >= 11 is 0. The molecule has 18 heavy (non-hydrogen) atoms. The Morgan fingerprint density at radius 1 is 1.22 bits per heavy atom. The molecule has 0 saturated carbocycles. The molecule has 1 aliphatic rings. The van der Waals surface area contributed by atoms with Gasteiger partial charge in [-0.1, -0.05) is 25.0 Å². The Labute approximate surface area is 110 Å². The third-order valence-electron chi connectivity index (χ3n) is 3.80. The average molecular weight is 248 g/mol. The fraction of sp³-hybridized carbons (Fsp3) is 0.600. The summed E-state index contributed by atoms with van der Waals surface area (Å²) < 4.78 is 0. The Kier molecular flexibility index (Phi) is 4.25. The number of benzene rings is 1. The Balaban J connectivity index is 2.05. The Morgan fingerprint density at radius 3 is 2.50 bits per heavy atom. The molecule has 1 aromatic rings. The average Bonchev–Trinajstić information content (AvgIpc) is 2.57. The number of rotatable bonds is 3. The fourth-order valence-electron chi connectivity index (χ4n) is 2.77. The first kappa shape index (κ1) is 13.4. The molecule has 1 saturated heterocycles. The van der Waals surface area contributed by atoms with Crippen LogP contribution in [-0.2, 0) is 6.42 Å². The maximum Gasteiger partial charge on any atom is 0.115 e. The SMILES string of the molecule is CC(N)(Cc1cccc(O)c1)N1CCCCCC1. The maximum absolute atomic E-state index is 9.51. The molecule has 0 radical (unpaired) electrons. The summed E-state index contributed by atoms with van der Waals surface area (Å²) in [6.07, 6.45) is 5.90. The summed E-state index contributed by atoms with van der Waals surface area (Å²) in [6.45, 7) is 4.28. The molecule has 1 aliphatic heterocycles. The van der Waals surface area contributed by atoms with Crippen LogP contribution in [0.3, 0.4) is 0 Å². The highest BCUT2D eigenvalue weighted by Crippen LogP contribution is 2.22. The van der Waals surface area contributed by atoms with Crippen molar-refractivity contribution in [1.82, 2.24) is 4.90 Å². The largest absolute Gasteiger partial charge is 0.508 e. The number of nitrogens with zero attached hydrogens (tertiary/aromatic N) is 1. The van der Waals surface area contributed by atoms with Crippen molar-refractivity contribution in [1.29, 1.82) is 0 Å². The highest BCUT2D eigenvalue weighted by atomic mass is 16.3. The van der Waals surface area contributed by atoms with E-state index in [-0.39, 0.29) is 5.66 Å². The number of likely N-dealkylation sites (tertiary alicyclic amines) is 1. The fourth-order valence-corrected chi connectivity index (χ4v) is 2.77. The molecule has 1 unspecified atom stereocenters. The van der Waals surface area contributed by atoms with Crippen LogP contribution in [-0.4, -0.2) is 28.8 Å². The number of aromatic hydroxyl groups is 1. The predicted octanol–water partition coefficient (Wildman–Crippen LogP) is 2.49. The van der Waals surface area contributed by atoms with Crippen LogP contribution in [0.25, 0.3) is 0 Å². The van der Waals surface area contributed by atoms with Gasteiger partial charge >= 0.3 is 0 Å². The smallest absolute Gasteiger partial charge is 0.115 e. The molecule has 3 heteroatoms. The lowest BCUT2D eigenvalue weighted by Gasteiger charge is -2.38. The van der Waals surface area contributed by atoms with Gasteiger partial charge in [0.05, 0.1) is 5.66 Å². The first-order chi connectivity index (χ1) is 8.58. The van der Waals surface area contributed by atoms with Gasteiger partial charge in [0.15, 0.2) is 0 Å². The van der Waals surface area contributed by atoms with E-state index in [1.165, 1.54) is 25.7 Å².